The Balaban J connectivity index is 2.97. The summed E-state index contributed by atoms with van der Waals surface area (Å²) in [7, 11) is -2.21. The summed E-state index contributed by atoms with van der Waals surface area (Å²) in [4.78, 5) is 9.78. The predicted octanol–water partition coefficient (Wildman–Crippen LogP) is 0.357. The number of carbonyl (C=O) groups excluding carboxylic acids is 1. The van der Waals surface area contributed by atoms with Gasteiger partial charge in [0, 0.05) is 12.2 Å². The molecule has 10 heavy (non-hydrogen) atoms. The first-order valence-corrected chi connectivity index (χ1v) is 4.69. The summed E-state index contributed by atoms with van der Waals surface area (Å²) in [5.41, 5.74) is 0. The summed E-state index contributed by atoms with van der Waals surface area (Å²) >= 11 is 0. The maximum atomic E-state index is 10.00. The molecular formula is C6H12O3S. The molecule has 0 aliphatic heterocycles. The molecule has 0 aromatic heterocycles. The molecule has 0 heterocycles. The van der Waals surface area contributed by atoms with Crippen molar-refractivity contribution >= 4 is 17.0 Å². The summed E-state index contributed by atoms with van der Waals surface area (Å²) in [5, 5.41) is 0. The summed E-state index contributed by atoms with van der Waals surface area (Å²) < 4.78 is 20.0. The van der Waals surface area contributed by atoms with Crippen molar-refractivity contribution in [3.63, 3.8) is 0 Å². The van der Waals surface area contributed by atoms with Gasteiger partial charge in [-0.05, 0) is 12.8 Å². The van der Waals surface area contributed by atoms with E-state index in [-0.39, 0.29) is 5.75 Å². The van der Waals surface area contributed by atoms with Crippen LogP contribution in [0, 0.1) is 0 Å². The number of unbranched alkanes of at least 4 members (excludes halogenated alkanes) is 3. The van der Waals surface area contributed by atoms with Gasteiger partial charge in [-0.15, -0.1) is 0 Å². The fourth-order valence-corrected chi connectivity index (χ4v) is 1.13. The summed E-state index contributed by atoms with van der Waals surface area (Å²) in [6.07, 6.45) is 3.74. The molecule has 0 fully saturated rings. The van der Waals surface area contributed by atoms with E-state index in [2.05, 4.69) is 0 Å². The number of rotatable bonds is 6. The van der Waals surface area contributed by atoms with Gasteiger partial charge >= 0.3 is 0 Å². The van der Waals surface area contributed by atoms with Crippen LogP contribution < -0.4 is 0 Å². The molecule has 0 spiro atoms. The van der Waals surface area contributed by atoms with Gasteiger partial charge in [-0.3, -0.25) is 0 Å². The van der Waals surface area contributed by atoms with Crippen LogP contribution in [0.25, 0.3) is 0 Å². The summed E-state index contributed by atoms with van der Waals surface area (Å²) in [6.45, 7) is 0. The predicted molar refractivity (Wildman–Crippen MR) is 39.7 cm³/mol. The Labute approximate surface area is 62.4 Å². The van der Waals surface area contributed by atoms with Crippen LogP contribution >= 0.6 is 0 Å². The van der Waals surface area contributed by atoms with Gasteiger partial charge in [0.15, 0.2) is 0 Å². The summed E-state index contributed by atoms with van der Waals surface area (Å²) in [6, 6.07) is 0. The Morgan fingerprint density at radius 3 is 2.30 bits per heavy atom. The molecule has 0 aliphatic carbocycles. The first-order chi connectivity index (χ1) is 4.77. The lowest BCUT2D eigenvalue weighted by atomic mass is 10.2. The first kappa shape index (κ1) is 9.62. The molecule has 0 saturated carbocycles. The minimum absolute atomic E-state index is 0.258. The third-order valence-corrected chi connectivity index (χ3v) is 1.84. The molecule has 0 aromatic rings. The van der Waals surface area contributed by atoms with Crippen molar-refractivity contribution in [2.75, 3.05) is 5.75 Å². The van der Waals surface area contributed by atoms with E-state index in [1.165, 1.54) is 0 Å². The van der Waals surface area contributed by atoms with Gasteiger partial charge in [-0.1, -0.05) is 6.42 Å². The Bertz CT molecular complexity index is 143. The van der Waals surface area contributed by atoms with Crippen LogP contribution in [0.1, 0.15) is 25.7 Å². The normalized spacial score (nSPS) is 10.1. The topological polar surface area (TPSA) is 51.2 Å². The Morgan fingerprint density at radius 2 is 1.80 bits per heavy atom. The van der Waals surface area contributed by atoms with Gasteiger partial charge < -0.3 is 4.79 Å². The molecule has 4 heteroatoms. The monoisotopic (exact) mass is 164 g/mol. The molecule has 0 bridgehead atoms. The maximum absolute atomic E-state index is 10.00. The molecule has 60 valence electrons. The van der Waals surface area contributed by atoms with Crippen LogP contribution in [0.15, 0.2) is 0 Å². The minimum Gasteiger partial charge on any atom is -0.303 e. The molecule has 0 N–H and O–H groups in total. The largest absolute Gasteiger partial charge is 0.303 e. The molecule has 0 atom stereocenters. The quantitative estimate of drug-likeness (QED) is 0.350. The van der Waals surface area contributed by atoms with E-state index in [9.17, 15) is 13.2 Å². The average Bonchev–Trinajstić information content (AvgIpc) is 1.87. The van der Waals surface area contributed by atoms with Crippen LogP contribution in [0.4, 0.5) is 0 Å². The molecule has 0 aliphatic rings. The highest BCUT2D eigenvalue weighted by molar-refractivity contribution is 7.72. The van der Waals surface area contributed by atoms with Gasteiger partial charge in [0.2, 0.25) is 0 Å². The van der Waals surface area contributed by atoms with Gasteiger partial charge in [0.1, 0.15) is 17.0 Å². The van der Waals surface area contributed by atoms with E-state index >= 15 is 0 Å². The van der Waals surface area contributed by atoms with Crippen LogP contribution in [0.3, 0.4) is 0 Å². The third-order valence-electron chi connectivity index (χ3n) is 1.16. The van der Waals surface area contributed by atoms with Crippen LogP contribution in [-0.2, 0) is 15.5 Å². The number of hydrogen-bond acceptors (Lipinski definition) is 3. The summed E-state index contributed by atoms with van der Waals surface area (Å²) in [5.74, 6) is 0.258. The Hall–Kier alpha value is -0.380. The van der Waals surface area contributed by atoms with Crippen LogP contribution in [0.5, 0.6) is 0 Å². The highest BCUT2D eigenvalue weighted by Crippen LogP contribution is 1.96. The van der Waals surface area contributed by atoms with Crippen LogP contribution in [-0.4, -0.2) is 20.5 Å². The van der Waals surface area contributed by atoms with Crippen LogP contribution in [0.2, 0.25) is 0 Å². The average molecular weight is 164 g/mol. The third kappa shape index (κ3) is 7.62. The van der Waals surface area contributed by atoms with Crippen molar-refractivity contribution < 1.29 is 13.2 Å². The molecule has 0 aromatic carbocycles. The van der Waals surface area contributed by atoms with Crippen molar-refractivity contribution in [3.05, 3.63) is 0 Å². The smallest absolute Gasteiger partial charge is 0.140 e. The SMILES string of the molecule is O=CCCCCC[SH](=O)=O. The number of carbonyl (C=O) groups is 1. The second-order valence-corrected chi connectivity index (χ2v) is 3.19. The lowest BCUT2D eigenvalue weighted by Crippen LogP contribution is -1.87. The molecule has 0 radical (unpaired) electrons. The lowest BCUT2D eigenvalue weighted by molar-refractivity contribution is -0.107. The number of hydrogen-bond donors (Lipinski definition) is 1. The number of aldehydes is 1. The Kier molecular flexibility index (Phi) is 6.48. The lowest BCUT2D eigenvalue weighted by Gasteiger charge is -1.90. The van der Waals surface area contributed by atoms with Gasteiger partial charge in [-0.25, -0.2) is 8.42 Å². The van der Waals surface area contributed by atoms with Crippen molar-refractivity contribution in [1.29, 1.82) is 0 Å². The second kappa shape index (κ2) is 6.74. The minimum atomic E-state index is -2.21. The highest BCUT2D eigenvalue weighted by atomic mass is 32.2. The molecular weight excluding hydrogens is 152 g/mol. The van der Waals surface area contributed by atoms with Crippen molar-refractivity contribution in [1.82, 2.24) is 0 Å². The van der Waals surface area contributed by atoms with E-state index in [1.807, 2.05) is 0 Å². The molecule has 0 unspecified atom stereocenters. The van der Waals surface area contributed by atoms with Crippen molar-refractivity contribution in [2.45, 2.75) is 25.7 Å². The Morgan fingerprint density at radius 1 is 1.10 bits per heavy atom. The number of thiol groups is 1. The second-order valence-electron chi connectivity index (χ2n) is 2.07. The fraction of sp³-hybridized carbons (Fsp3) is 0.833. The van der Waals surface area contributed by atoms with Gasteiger partial charge in [0.05, 0.1) is 0 Å². The molecule has 0 rings (SSSR count). The zero-order valence-corrected chi connectivity index (χ0v) is 6.68. The zero-order valence-electron chi connectivity index (χ0n) is 5.78. The van der Waals surface area contributed by atoms with E-state index in [0.717, 1.165) is 19.1 Å². The highest BCUT2D eigenvalue weighted by Gasteiger charge is 1.89. The van der Waals surface area contributed by atoms with E-state index in [1.54, 1.807) is 0 Å². The fourth-order valence-electron chi connectivity index (χ4n) is 0.645. The van der Waals surface area contributed by atoms with E-state index < -0.39 is 10.7 Å². The first-order valence-electron chi connectivity index (χ1n) is 3.33. The van der Waals surface area contributed by atoms with Gasteiger partial charge in [0.25, 0.3) is 0 Å². The van der Waals surface area contributed by atoms with E-state index in [0.29, 0.717) is 12.8 Å². The van der Waals surface area contributed by atoms with Crippen molar-refractivity contribution in [3.8, 4) is 0 Å². The maximum Gasteiger partial charge on any atom is 0.140 e. The zero-order chi connectivity index (χ0) is 7.82. The molecule has 0 saturated heterocycles. The van der Waals surface area contributed by atoms with Crippen molar-refractivity contribution in [2.24, 2.45) is 0 Å². The molecule has 0 amide bonds. The standard InChI is InChI=1S/C6H12O3S/c7-5-3-1-2-4-6-10(8)9/h5,10H,1-4,6H2. The van der Waals surface area contributed by atoms with E-state index in [4.69, 9.17) is 0 Å². The van der Waals surface area contributed by atoms with Gasteiger partial charge in [-0.2, -0.15) is 0 Å². The molecule has 3 nitrogen and oxygen atoms in total.